The summed E-state index contributed by atoms with van der Waals surface area (Å²) in [5.74, 6) is 1.29. The standard InChI is InChI=1S/C27H32N2O6S/c1-17-7-9-22(13-18(17)2)29-36(31,32)23-10-12-24(19(3)14-23)35-16-27(30)28-20(4)21-8-11-25(33-5)26(15-21)34-6/h7-15,20,29H,16H2,1-6H3,(H,28,30)/t20-/m0/s1. The normalized spacial score (nSPS) is 11.9. The summed E-state index contributed by atoms with van der Waals surface area (Å²) < 4.78 is 44.5. The Morgan fingerprint density at radius 3 is 2.17 bits per heavy atom. The Labute approximate surface area is 212 Å². The number of hydrogen-bond donors (Lipinski definition) is 2. The lowest BCUT2D eigenvalue weighted by Crippen LogP contribution is -2.31. The van der Waals surface area contributed by atoms with Crippen LogP contribution in [0.1, 0.15) is 35.2 Å². The van der Waals surface area contributed by atoms with Gasteiger partial charge in [0, 0.05) is 5.69 Å². The van der Waals surface area contributed by atoms with Crippen LogP contribution < -0.4 is 24.2 Å². The number of benzene rings is 3. The van der Waals surface area contributed by atoms with Crippen LogP contribution in [0.4, 0.5) is 5.69 Å². The fourth-order valence-electron chi connectivity index (χ4n) is 3.60. The molecule has 0 aliphatic carbocycles. The molecular weight excluding hydrogens is 480 g/mol. The number of ether oxygens (including phenoxy) is 3. The summed E-state index contributed by atoms with van der Waals surface area (Å²) in [7, 11) is -0.661. The molecule has 0 aliphatic heterocycles. The molecule has 0 radical (unpaired) electrons. The van der Waals surface area contributed by atoms with Crippen molar-refractivity contribution in [1.29, 1.82) is 0 Å². The molecule has 0 saturated carbocycles. The molecule has 3 rings (SSSR count). The number of anilines is 1. The Morgan fingerprint density at radius 2 is 1.53 bits per heavy atom. The first-order valence-corrected chi connectivity index (χ1v) is 12.9. The quantitative estimate of drug-likeness (QED) is 0.409. The monoisotopic (exact) mass is 512 g/mol. The van der Waals surface area contributed by atoms with Crippen LogP contribution in [0.5, 0.6) is 17.2 Å². The largest absolute Gasteiger partial charge is 0.493 e. The van der Waals surface area contributed by atoms with E-state index in [2.05, 4.69) is 10.0 Å². The third-order valence-electron chi connectivity index (χ3n) is 5.86. The summed E-state index contributed by atoms with van der Waals surface area (Å²) in [6, 6.07) is 15.1. The third-order valence-corrected chi connectivity index (χ3v) is 7.24. The number of carbonyl (C=O) groups is 1. The van der Waals surface area contributed by atoms with Crippen LogP contribution in [0.2, 0.25) is 0 Å². The molecule has 0 spiro atoms. The zero-order valence-electron chi connectivity index (χ0n) is 21.3. The first-order chi connectivity index (χ1) is 17.0. The number of carbonyl (C=O) groups excluding carboxylic acids is 1. The molecule has 1 atom stereocenters. The smallest absolute Gasteiger partial charge is 0.261 e. The van der Waals surface area contributed by atoms with Crippen LogP contribution in [0, 0.1) is 20.8 Å². The molecule has 36 heavy (non-hydrogen) atoms. The van der Waals surface area contributed by atoms with Gasteiger partial charge in [0.15, 0.2) is 18.1 Å². The molecule has 0 unspecified atom stereocenters. The molecule has 0 aromatic heterocycles. The van der Waals surface area contributed by atoms with Gasteiger partial charge in [0.1, 0.15) is 5.75 Å². The van der Waals surface area contributed by atoms with E-state index >= 15 is 0 Å². The van der Waals surface area contributed by atoms with Gasteiger partial charge in [-0.3, -0.25) is 9.52 Å². The molecule has 0 fully saturated rings. The zero-order valence-corrected chi connectivity index (χ0v) is 22.2. The maximum absolute atomic E-state index is 12.8. The van der Waals surface area contributed by atoms with E-state index in [0.717, 1.165) is 16.7 Å². The predicted molar refractivity (Wildman–Crippen MR) is 140 cm³/mol. The van der Waals surface area contributed by atoms with E-state index in [1.807, 2.05) is 32.9 Å². The van der Waals surface area contributed by atoms with Crippen molar-refractivity contribution in [1.82, 2.24) is 5.32 Å². The summed E-state index contributed by atoms with van der Waals surface area (Å²) in [6.45, 7) is 7.26. The van der Waals surface area contributed by atoms with Gasteiger partial charge in [0.05, 0.1) is 25.2 Å². The van der Waals surface area contributed by atoms with Gasteiger partial charge in [-0.15, -0.1) is 0 Å². The van der Waals surface area contributed by atoms with Crippen molar-refractivity contribution in [2.75, 3.05) is 25.5 Å². The van der Waals surface area contributed by atoms with Gasteiger partial charge in [-0.2, -0.15) is 0 Å². The summed E-state index contributed by atoms with van der Waals surface area (Å²) in [5.41, 5.74) is 4.02. The summed E-state index contributed by atoms with van der Waals surface area (Å²) in [6.07, 6.45) is 0. The Hall–Kier alpha value is -3.72. The van der Waals surface area contributed by atoms with Gasteiger partial charge in [0.25, 0.3) is 15.9 Å². The highest BCUT2D eigenvalue weighted by Crippen LogP contribution is 2.30. The van der Waals surface area contributed by atoms with Crippen LogP contribution in [0.3, 0.4) is 0 Å². The fourth-order valence-corrected chi connectivity index (χ4v) is 4.74. The Kier molecular flexibility index (Phi) is 8.47. The van der Waals surface area contributed by atoms with Gasteiger partial charge >= 0.3 is 0 Å². The number of hydrogen-bond acceptors (Lipinski definition) is 6. The van der Waals surface area contributed by atoms with Gasteiger partial charge in [-0.05, 0) is 92.4 Å². The summed E-state index contributed by atoms with van der Waals surface area (Å²) in [5, 5.41) is 2.88. The fraction of sp³-hybridized carbons (Fsp3) is 0.296. The van der Waals surface area contributed by atoms with E-state index in [1.165, 1.54) is 12.1 Å². The van der Waals surface area contributed by atoms with Gasteiger partial charge in [-0.25, -0.2) is 8.42 Å². The Balaban J connectivity index is 1.62. The SMILES string of the molecule is COc1ccc([C@H](C)NC(=O)COc2ccc(S(=O)(=O)Nc3ccc(C)c(C)c3)cc2C)cc1OC. The van der Waals surface area contributed by atoms with Crippen LogP contribution in [0.25, 0.3) is 0 Å². The highest BCUT2D eigenvalue weighted by Gasteiger charge is 2.17. The van der Waals surface area contributed by atoms with E-state index in [9.17, 15) is 13.2 Å². The Bertz CT molecular complexity index is 1350. The topological polar surface area (TPSA) is 103 Å². The number of amides is 1. The lowest BCUT2D eigenvalue weighted by Gasteiger charge is -2.17. The molecule has 0 heterocycles. The number of rotatable bonds is 10. The molecule has 9 heteroatoms. The average molecular weight is 513 g/mol. The minimum absolute atomic E-state index is 0.108. The second kappa shape index (κ2) is 11.3. The molecule has 3 aromatic rings. The summed E-state index contributed by atoms with van der Waals surface area (Å²) in [4.78, 5) is 12.6. The van der Waals surface area contributed by atoms with Crippen LogP contribution in [-0.2, 0) is 14.8 Å². The van der Waals surface area contributed by atoms with Crippen molar-refractivity contribution in [3.8, 4) is 17.2 Å². The third kappa shape index (κ3) is 6.48. The van der Waals surface area contributed by atoms with Gasteiger partial charge in [0.2, 0.25) is 0 Å². The first-order valence-electron chi connectivity index (χ1n) is 11.4. The molecule has 1 amide bonds. The molecule has 2 N–H and O–H groups in total. The van der Waals surface area contributed by atoms with E-state index in [0.29, 0.717) is 28.5 Å². The van der Waals surface area contributed by atoms with Crippen LogP contribution in [-0.4, -0.2) is 35.2 Å². The maximum atomic E-state index is 12.8. The predicted octanol–water partition coefficient (Wildman–Crippen LogP) is 4.69. The van der Waals surface area contributed by atoms with Crippen molar-refractivity contribution in [3.05, 3.63) is 76.9 Å². The Morgan fingerprint density at radius 1 is 0.833 bits per heavy atom. The number of nitrogens with one attached hydrogen (secondary N) is 2. The maximum Gasteiger partial charge on any atom is 0.261 e. The summed E-state index contributed by atoms with van der Waals surface area (Å²) >= 11 is 0. The van der Waals surface area contributed by atoms with E-state index in [-0.39, 0.29) is 23.5 Å². The minimum atomic E-state index is -3.77. The van der Waals surface area contributed by atoms with E-state index in [1.54, 1.807) is 51.5 Å². The van der Waals surface area contributed by atoms with Crippen LogP contribution in [0.15, 0.2) is 59.5 Å². The number of methoxy groups -OCH3 is 2. The van der Waals surface area contributed by atoms with Crippen molar-refractivity contribution < 1.29 is 27.4 Å². The lowest BCUT2D eigenvalue weighted by molar-refractivity contribution is -0.123. The van der Waals surface area contributed by atoms with E-state index < -0.39 is 10.0 Å². The first kappa shape index (κ1) is 26.9. The molecule has 192 valence electrons. The van der Waals surface area contributed by atoms with E-state index in [4.69, 9.17) is 14.2 Å². The number of sulfonamides is 1. The molecule has 8 nitrogen and oxygen atoms in total. The number of aryl methyl sites for hydroxylation is 3. The lowest BCUT2D eigenvalue weighted by atomic mass is 10.1. The van der Waals surface area contributed by atoms with Crippen molar-refractivity contribution in [2.24, 2.45) is 0 Å². The minimum Gasteiger partial charge on any atom is -0.493 e. The van der Waals surface area contributed by atoms with Crippen LogP contribution >= 0.6 is 0 Å². The van der Waals surface area contributed by atoms with Crippen molar-refractivity contribution >= 4 is 21.6 Å². The van der Waals surface area contributed by atoms with Gasteiger partial charge < -0.3 is 19.5 Å². The van der Waals surface area contributed by atoms with Crippen molar-refractivity contribution in [3.63, 3.8) is 0 Å². The molecule has 0 saturated heterocycles. The zero-order chi connectivity index (χ0) is 26.5. The molecular formula is C27H32N2O6S. The van der Waals surface area contributed by atoms with Gasteiger partial charge in [-0.1, -0.05) is 12.1 Å². The second-order valence-corrected chi connectivity index (χ2v) is 10.2. The second-order valence-electron chi connectivity index (χ2n) is 8.52. The molecule has 0 bridgehead atoms. The van der Waals surface area contributed by atoms with Crippen molar-refractivity contribution in [2.45, 2.75) is 38.6 Å². The molecule has 0 aliphatic rings. The molecule has 3 aromatic carbocycles. The average Bonchev–Trinajstić information content (AvgIpc) is 2.84. The highest BCUT2D eigenvalue weighted by molar-refractivity contribution is 7.92. The highest BCUT2D eigenvalue weighted by atomic mass is 32.2.